The van der Waals surface area contributed by atoms with Crippen LogP contribution in [0.25, 0.3) is 0 Å². The van der Waals surface area contributed by atoms with Gasteiger partial charge in [-0.3, -0.25) is 5.32 Å². The van der Waals surface area contributed by atoms with E-state index in [9.17, 15) is 0 Å². The van der Waals surface area contributed by atoms with Crippen molar-refractivity contribution in [2.75, 3.05) is 6.54 Å². The van der Waals surface area contributed by atoms with E-state index in [1.54, 1.807) is 6.20 Å². The number of hydrogen-bond acceptors (Lipinski definition) is 4. The smallest absolute Gasteiger partial charge is 0.114 e. The second kappa shape index (κ2) is 4.86. The Balaban J connectivity index is 2.53. The first-order chi connectivity index (χ1) is 5.88. The van der Waals surface area contributed by atoms with Crippen LogP contribution in [-0.4, -0.2) is 15.3 Å². The molecule has 1 aromatic heterocycles. The van der Waals surface area contributed by atoms with Gasteiger partial charge in [0.1, 0.15) is 11.7 Å². The van der Waals surface area contributed by atoms with E-state index < -0.39 is 0 Å². The van der Waals surface area contributed by atoms with E-state index in [-0.39, 0.29) is 6.04 Å². The second-order valence-electron chi connectivity index (χ2n) is 2.39. The Hall–Kier alpha value is -0.920. The van der Waals surface area contributed by atoms with E-state index in [0.29, 0.717) is 0 Å². The zero-order chi connectivity index (χ0) is 8.81. The van der Waals surface area contributed by atoms with Crippen LogP contribution in [0, 0.1) is 12.3 Å². The summed E-state index contributed by atoms with van der Waals surface area (Å²) in [7, 11) is 0. The Bertz CT molecular complexity index is 250. The van der Waals surface area contributed by atoms with Gasteiger partial charge in [0, 0.05) is 0 Å². The van der Waals surface area contributed by atoms with Crippen molar-refractivity contribution in [1.29, 1.82) is 0 Å². The summed E-state index contributed by atoms with van der Waals surface area (Å²) in [5.41, 5.74) is 0.843. The minimum absolute atomic E-state index is 0.0799. The summed E-state index contributed by atoms with van der Waals surface area (Å²) in [6.07, 6.45) is 8.10. The maximum absolute atomic E-state index is 5.33. The molecule has 4 heteroatoms. The predicted molar refractivity (Wildman–Crippen MR) is 49.8 cm³/mol. The lowest BCUT2D eigenvalue weighted by molar-refractivity contribution is 0.618. The monoisotopic (exact) mass is 181 g/mol. The van der Waals surface area contributed by atoms with Crippen LogP contribution in [0.1, 0.15) is 25.1 Å². The zero-order valence-electron chi connectivity index (χ0n) is 6.95. The molecule has 3 nitrogen and oxygen atoms in total. The number of nitrogens with zero attached hydrogens (tertiary/aromatic N) is 2. The standard InChI is InChI=1S/C8H11N3S/c1-3-5-9-7(4-2)8-6-10-12-11-8/h2,6-7,9H,3,5H2,1H3. The summed E-state index contributed by atoms with van der Waals surface area (Å²) in [6.45, 7) is 3.01. The van der Waals surface area contributed by atoms with Crippen molar-refractivity contribution in [3.8, 4) is 12.3 Å². The molecule has 0 saturated carbocycles. The molecular formula is C8H11N3S. The van der Waals surface area contributed by atoms with Crippen molar-refractivity contribution in [2.45, 2.75) is 19.4 Å². The molecule has 0 aromatic carbocycles. The van der Waals surface area contributed by atoms with Gasteiger partial charge in [-0.15, -0.1) is 6.42 Å². The van der Waals surface area contributed by atoms with E-state index in [0.717, 1.165) is 18.7 Å². The summed E-state index contributed by atoms with van der Waals surface area (Å²) in [4.78, 5) is 0. The van der Waals surface area contributed by atoms with Crippen molar-refractivity contribution >= 4 is 11.7 Å². The number of terminal acetylenes is 1. The van der Waals surface area contributed by atoms with Gasteiger partial charge in [0.25, 0.3) is 0 Å². The molecule has 0 aliphatic heterocycles. The molecule has 1 heterocycles. The first-order valence-electron chi connectivity index (χ1n) is 3.85. The SMILES string of the molecule is C#CC(NCCC)c1cnsn1. The van der Waals surface area contributed by atoms with E-state index in [1.165, 1.54) is 11.7 Å². The van der Waals surface area contributed by atoms with Gasteiger partial charge in [-0.1, -0.05) is 12.8 Å². The molecule has 1 atom stereocenters. The fourth-order valence-electron chi connectivity index (χ4n) is 0.837. The number of rotatable bonds is 4. The Morgan fingerprint density at radius 2 is 2.67 bits per heavy atom. The average molecular weight is 181 g/mol. The molecule has 0 spiro atoms. The van der Waals surface area contributed by atoms with Gasteiger partial charge in [-0.25, -0.2) is 0 Å². The summed E-state index contributed by atoms with van der Waals surface area (Å²) >= 11 is 1.18. The summed E-state index contributed by atoms with van der Waals surface area (Å²) in [5.74, 6) is 2.63. The van der Waals surface area contributed by atoms with Crippen LogP contribution in [0.15, 0.2) is 6.20 Å². The maximum atomic E-state index is 5.33. The van der Waals surface area contributed by atoms with Crippen LogP contribution in [0.2, 0.25) is 0 Å². The molecule has 0 saturated heterocycles. The normalized spacial score (nSPS) is 12.3. The van der Waals surface area contributed by atoms with Gasteiger partial charge in [0.05, 0.1) is 17.9 Å². The van der Waals surface area contributed by atoms with Crippen molar-refractivity contribution in [3.63, 3.8) is 0 Å². The fraction of sp³-hybridized carbons (Fsp3) is 0.500. The highest BCUT2D eigenvalue weighted by Crippen LogP contribution is 2.08. The van der Waals surface area contributed by atoms with Crippen LogP contribution in [0.4, 0.5) is 0 Å². The van der Waals surface area contributed by atoms with Crippen molar-refractivity contribution in [1.82, 2.24) is 14.1 Å². The zero-order valence-corrected chi connectivity index (χ0v) is 7.77. The molecule has 0 aliphatic carbocycles. The summed E-state index contributed by atoms with van der Waals surface area (Å²) in [6, 6.07) is -0.0799. The first kappa shape index (κ1) is 9.17. The lowest BCUT2D eigenvalue weighted by Crippen LogP contribution is -2.20. The number of nitrogens with one attached hydrogen (secondary N) is 1. The molecule has 0 bridgehead atoms. The molecule has 12 heavy (non-hydrogen) atoms. The first-order valence-corrected chi connectivity index (χ1v) is 4.58. The van der Waals surface area contributed by atoms with E-state index in [1.807, 2.05) is 0 Å². The van der Waals surface area contributed by atoms with Crippen LogP contribution in [-0.2, 0) is 0 Å². The van der Waals surface area contributed by atoms with Crippen molar-refractivity contribution in [3.05, 3.63) is 11.9 Å². The van der Waals surface area contributed by atoms with Crippen LogP contribution < -0.4 is 5.32 Å². The van der Waals surface area contributed by atoms with Crippen LogP contribution in [0.3, 0.4) is 0 Å². The third kappa shape index (κ3) is 2.29. The Labute approximate surface area is 76.5 Å². The molecule has 0 amide bonds. The summed E-state index contributed by atoms with van der Waals surface area (Å²) < 4.78 is 7.96. The minimum atomic E-state index is -0.0799. The second-order valence-corrected chi connectivity index (χ2v) is 2.94. The molecule has 0 fully saturated rings. The molecule has 0 aliphatic rings. The average Bonchev–Trinajstić information content (AvgIpc) is 2.59. The van der Waals surface area contributed by atoms with Crippen LogP contribution >= 0.6 is 11.7 Å². The summed E-state index contributed by atoms with van der Waals surface area (Å²) in [5, 5.41) is 3.19. The lowest BCUT2D eigenvalue weighted by atomic mass is 10.2. The van der Waals surface area contributed by atoms with Crippen molar-refractivity contribution < 1.29 is 0 Å². The third-order valence-electron chi connectivity index (χ3n) is 1.44. The molecular weight excluding hydrogens is 170 g/mol. The topological polar surface area (TPSA) is 37.8 Å². The van der Waals surface area contributed by atoms with Gasteiger partial charge >= 0.3 is 0 Å². The highest BCUT2D eigenvalue weighted by molar-refractivity contribution is 6.99. The molecule has 64 valence electrons. The van der Waals surface area contributed by atoms with E-state index >= 15 is 0 Å². The van der Waals surface area contributed by atoms with Gasteiger partial charge in [-0.05, 0) is 13.0 Å². The molecule has 1 N–H and O–H groups in total. The Morgan fingerprint density at radius 1 is 1.83 bits per heavy atom. The van der Waals surface area contributed by atoms with Crippen molar-refractivity contribution in [2.24, 2.45) is 0 Å². The largest absolute Gasteiger partial charge is 0.299 e. The minimum Gasteiger partial charge on any atom is -0.299 e. The number of hydrogen-bond donors (Lipinski definition) is 1. The molecule has 1 unspecified atom stereocenters. The Kier molecular flexibility index (Phi) is 3.71. The molecule has 0 radical (unpaired) electrons. The highest BCUT2D eigenvalue weighted by atomic mass is 32.1. The fourth-order valence-corrected chi connectivity index (χ4v) is 1.29. The molecule has 1 aromatic rings. The lowest BCUT2D eigenvalue weighted by Gasteiger charge is -2.07. The number of aromatic nitrogens is 2. The third-order valence-corrected chi connectivity index (χ3v) is 1.93. The molecule has 1 rings (SSSR count). The van der Waals surface area contributed by atoms with E-state index in [4.69, 9.17) is 6.42 Å². The van der Waals surface area contributed by atoms with Gasteiger partial charge in [0.2, 0.25) is 0 Å². The predicted octanol–water partition coefficient (Wildman–Crippen LogP) is 1.21. The quantitative estimate of drug-likeness (QED) is 0.709. The highest BCUT2D eigenvalue weighted by Gasteiger charge is 2.08. The van der Waals surface area contributed by atoms with Gasteiger partial charge in [0.15, 0.2) is 0 Å². The van der Waals surface area contributed by atoms with Crippen LogP contribution in [0.5, 0.6) is 0 Å². The Morgan fingerprint density at radius 3 is 3.17 bits per heavy atom. The maximum Gasteiger partial charge on any atom is 0.114 e. The van der Waals surface area contributed by atoms with E-state index in [2.05, 4.69) is 26.9 Å². The van der Waals surface area contributed by atoms with Gasteiger partial charge < -0.3 is 0 Å². The van der Waals surface area contributed by atoms with Gasteiger partial charge in [-0.2, -0.15) is 8.75 Å².